The van der Waals surface area contributed by atoms with Gasteiger partial charge in [-0.3, -0.25) is 0 Å². The molecule has 0 unspecified atom stereocenters. The molecule has 2 heterocycles. The highest BCUT2D eigenvalue weighted by atomic mass is 16.5. The number of carbonyl (C=O) groups excluding carboxylic acids is 1. The molecule has 0 fully saturated rings. The molecule has 1 aromatic carbocycles. The van der Waals surface area contributed by atoms with Crippen molar-refractivity contribution in [1.82, 2.24) is 24.9 Å². The quantitative estimate of drug-likeness (QED) is 0.739. The van der Waals surface area contributed by atoms with Crippen LogP contribution in [0.25, 0.3) is 0 Å². The number of aromatic nitrogens is 3. The highest BCUT2D eigenvalue weighted by Gasteiger charge is 2.13. The third-order valence-electron chi connectivity index (χ3n) is 4.31. The SMILES string of the molecule is Cc1noc(C)c1CNC(=O)N(C)Cc1ccc(Cn2ccnc2)cc1. The minimum absolute atomic E-state index is 0.132. The number of nitrogens with zero attached hydrogens (tertiary/aromatic N) is 4. The number of amides is 2. The van der Waals surface area contributed by atoms with Crippen molar-refractivity contribution in [2.45, 2.75) is 33.5 Å². The lowest BCUT2D eigenvalue weighted by Gasteiger charge is -2.18. The maximum atomic E-state index is 12.3. The second-order valence-corrected chi connectivity index (χ2v) is 6.37. The maximum Gasteiger partial charge on any atom is 0.317 e. The Morgan fingerprint density at radius 2 is 1.96 bits per heavy atom. The maximum absolute atomic E-state index is 12.3. The molecule has 0 aliphatic heterocycles. The van der Waals surface area contributed by atoms with Crippen LogP contribution in [0.5, 0.6) is 0 Å². The van der Waals surface area contributed by atoms with Gasteiger partial charge in [0, 0.05) is 44.6 Å². The molecule has 26 heavy (non-hydrogen) atoms. The van der Waals surface area contributed by atoms with E-state index >= 15 is 0 Å². The Labute approximate surface area is 152 Å². The zero-order valence-corrected chi connectivity index (χ0v) is 15.3. The Kier molecular flexibility index (Phi) is 5.36. The number of rotatable bonds is 6. The number of hydrogen-bond donors (Lipinski definition) is 1. The van der Waals surface area contributed by atoms with E-state index in [-0.39, 0.29) is 6.03 Å². The van der Waals surface area contributed by atoms with Crippen LogP contribution in [0.2, 0.25) is 0 Å². The summed E-state index contributed by atoms with van der Waals surface area (Å²) in [6.45, 7) is 5.45. The fourth-order valence-corrected chi connectivity index (χ4v) is 2.74. The number of nitrogens with one attached hydrogen (secondary N) is 1. The van der Waals surface area contributed by atoms with Crippen molar-refractivity contribution in [3.63, 3.8) is 0 Å². The molecule has 136 valence electrons. The Morgan fingerprint density at radius 1 is 1.23 bits per heavy atom. The van der Waals surface area contributed by atoms with Crippen molar-refractivity contribution in [2.75, 3.05) is 7.05 Å². The lowest BCUT2D eigenvalue weighted by atomic mass is 10.1. The summed E-state index contributed by atoms with van der Waals surface area (Å²) in [6, 6.07) is 8.11. The van der Waals surface area contributed by atoms with Crippen LogP contribution in [-0.2, 0) is 19.6 Å². The van der Waals surface area contributed by atoms with Crippen LogP contribution in [0.15, 0.2) is 47.5 Å². The van der Waals surface area contributed by atoms with E-state index < -0.39 is 0 Å². The van der Waals surface area contributed by atoms with Crippen LogP contribution in [0.4, 0.5) is 4.79 Å². The molecule has 0 saturated carbocycles. The Balaban J connectivity index is 1.52. The number of aryl methyl sites for hydroxylation is 2. The lowest BCUT2D eigenvalue weighted by Crippen LogP contribution is -2.36. The predicted octanol–water partition coefficient (Wildman–Crippen LogP) is 2.88. The van der Waals surface area contributed by atoms with E-state index in [0.717, 1.165) is 29.1 Å². The highest BCUT2D eigenvalue weighted by molar-refractivity contribution is 5.73. The summed E-state index contributed by atoms with van der Waals surface area (Å²) in [5.74, 6) is 0.735. The van der Waals surface area contributed by atoms with Crippen LogP contribution in [-0.4, -0.2) is 32.7 Å². The summed E-state index contributed by atoms with van der Waals surface area (Å²) >= 11 is 0. The van der Waals surface area contributed by atoms with Gasteiger partial charge < -0.3 is 19.3 Å². The number of urea groups is 1. The molecule has 0 aliphatic carbocycles. The summed E-state index contributed by atoms with van der Waals surface area (Å²) in [6.07, 6.45) is 5.50. The van der Waals surface area contributed by atoms with Crippen molar-refractivity contribution < 1.29 is 9.32 Å². The van der Waals surface area contributed by atoms with Crippen molar-refractivity contribution in [3.05, 3.63) is 71.1 Å². The van der Waals surface area contributed by atoms with E-state index in [1.807, 2.05) is 36.7 Å². The molecule has 0 bridgehead atoms. The highest BCUT2D eigenvalue weighted by Crippen LogP contribution is 2.12. The van der Waals surface area contributed by atoms with Gasteiger partial charge in [0.15, 0.2) is 0 Å². The number of hydrogen-bond acceptors (Lipinski definition) is 4. The first-order chi connectivity index (χ1) is 12.5. The Hall–Kier alpha value is -3.09. The molecule has 2 amide bonds. The van der Waals surface area contributed by atoms with Gasteiger partial charge in [-0.2, -0.15) is 0 Å². The lowest BCUT2D eigenvalue weighted by molar-refractivity contribution is 0.206. The van der Waals surface area contributed by atoms with Crippen LogP contribution in [0.1, 0.15) is 28.1 Å². The molecular formula is C19H23N5O2. The molecule has 0 radical (unpaired) electrons. The molecule has 0 saturated heterocycles. The fraction of sp³-hybridized carbons (Fsp3) is 0.316. The summed E-state index contributed by atoms with van der Waals surface area (Å²) in [4.78, 5) is 18.0. The van der Waals surface area contributed by atoms with Crippen molar-refractivity contribution in [2.24, 2.45) is 0 Å². The molecule has 0 atom stereocenters. The van der Waals surface area contributed by atoms with E-state index in [0.29, 0.717) is 13.1 Å². The summed E-state index contributed by atoms with van der Waals surface area (Å²) in [5.41, 5.74) is 4.00. The van der Waals surface area contributed by atoms with E-state index in [9.17, 15) is 4.79 Å². The average Bonchev–Trinajstić information content (AvgIpc) is 3.25. The molecule has 1 N–H and O–H groups in total. The molecule has 2 aromatic heterocycles. The van der Waals surface area contributed by atoms with Crippen LogP contribution < -0.4 is 5.32 Å². The van der Waals surface area contributed by atoms with Gasteiger partial charge in [-0.25, -0.2) is 9.78 Å². The van der Waals surface area contributed by atoms with E-state index in [1.165, 1.54) is 5.56 Å². The topological polar surface area (TPSA) is 76.2 Å². The van der Waals surface area contributed by atoms with Gasteiger partial charge in [0.05, 0.1) is 12.0 Å². The van der Waals surface area contributed by atoms with Crippen molar-refractivity contribution >= 4 is 6.03 Å². The minimum atomic E-state index is -0.132. The molecule has 7 heteroatoms. The minimum Gasteiger partial charge on any atom is -0.361 e. The van der Waals surface area contributed by atoms with Crippen LogP contribution in [0.3, 0.4) is 0 Å². The van der Waals surface area contributed by atoms with Gasteiger partial charge in [-0.15, -0.1) is 0 Å². The number of imidazole rings is 1. The van der Waals surface area contributed by atoms with E-state index in [1.54, 1.807) is 24.5 Å². The zero-order chi connectivity index (χ0) is 18.5. The van der Waals surface area contributed by atoms with Gasteiger partial charge in [0.1, 0.15) is 5.76 Å². The van der Waals surface area contributed by atoms with Gasteiger partial charge in [0.2, 0.25) is 0 Å². The predicted molar refractivity (Wildman–Crippen MR) is 97.5 cm³/mol. The van der Waals surface area contributed by atoms with Crippen LogP contribution in [0, 0.1) is 13.8 Å². The van der Waals surface area contributed by atoms with Gasteiger partial charge >= 0.3 is 6.03 Å². The van der Waals surface area contributed by atoms with Crippen molar-refractivity contribution in [3.8, 4) is 0 Å². The summed E-state index contributed by atoms with van der Waals surface area (Å²) < 4.78 is 7.13. The summed E-state index contributed by atoms with van der Waals surface area (Å²) in [5, 5.41) is 6.80. The standard InChI is InChI=1S/C19H23N5O2/c1-14-18(15(2)26-22-14)10-21-19(25)23(3)11-16-4-6-17(7-5-16)12-24-9-8-20-13-24/h4-9,13H,10-12H2,1-3H3,(H,21,25). The van der Waals surface area contributed by atoms with E-state index in [4.69, 9.17) is 4.52 Å². The molecule has 3 aromatic rings. The first-order valence-corrected chi connectivity index (χ1v) is 8.47. The second-order valence-electron chi connectivity index (χ2n) is 6.37. The second kappa shape index (κ2) is 7.86. The largest absolute Gasteiger partial charge is 0.361 e. The third kappa shape index (κ3) is 4.30. The normalized spacial score (nSPS) is 10.7. The van der Waals surface area contributed by atoms with Crippen LogP contribution >= 0.6 is 0 Å². The average molecular weight is 353 g/mol. The smallest absolute Gasteiger partial charge is 0.317 e. The first kappa shape index (κ1) is 17.7. The van der Waals surface area contributed by atoms with Crippen molar-refractivity contribution in [1.29, 1.82) is 0 Å². The monoisotopic (exact) mass is 353 g/mol. The molecule has 3 rings (SSSR count). The Bertz CT molecular complexity index is 833. The molecule has 0 aliphatic rings. The summed E-state index contributed by atoms with van der Waals surface area (Å²) in [7, 11) is 1.78. The number of benzene rings is 1. The fourth-order valence-electron chi connectivity index (χ4n) is 2.74. The van der Waals surface area contributed by atoms with Gasteiger partial charge in [-0.1, -0.05) is 29.4 Å². The zero-order valence-electron chi connectivity index (χ0n) is 15.3. The van der Waals surface area contributed by atoms with E-state index in [2.05, 4.69) is 27.6 Å². The molecule has 7 nitrogen and oxygen atoms in total. The third-order valence-corrected chi connectivity index (χ3v) is 4.31. The molecular weight excluding hydrogens is 330 g/mol. The first-order valence-electron chi connectivity index (χ1n) is 8.47. The Morgan fingerprint density at radius 3 is 2.58 bits per heavy atom. The van der Waals surface area contributed by atoms with Gasteiger partial charge in [0.25, 0.3) is 0 Å². The molecule has 0 spiro atoms. The van der Waals surface area contributed by atoms with Gasteiger partial charge in [-0.05, 0) is 25.0 Å². The number of carbonyl (C=O) groups is 1.